The second-order valence-corrected chi connectivity index (χ2v) is 7.99. The molecule has 0 spiro atoms. The van der Waals surface area contributed by atoms with Crippen LogP contribution in [0, 0.1) is 0 Å². The summed E-state index contributed by atoms with van der Waals surface area (Å²) in [5, 5.41) is 17.7. The Morgan fingerprint density at radius 2 is 1.57 bits per heavy atom. The number of aromatic carboxylic acids is 1. The van der Waals surface area contributed by atoms with Gasteiger partial charge in [0.1, 0.15) is 18.1 Å². The average molecular weight is 479 g/mol. The minimum absolute atomic E-state index is 0.185. The van der Waals surface area contributed by atoms with E-state index in [2.05, 4.69) is 35.0 Å². The molecule has 2 aliphatic heterocycles. The number of morpholine rings is 2. The van der Waals surface area contributed by atoms with Gasteiger partial charge in [-0.15, -0.1) is 5.11 Å². The van der Waals surface area contributed by atoms with E-state index in [9.17, 15) is 9.90 Å². The van der Waals surface area contributed by atoms with Crippen LogP contribution in [0.1, 0.15) is 16.1 Å². The van der Waals surface area contributed by atoms with Gasteiger partial charge in [-0.2, -0.15) is 20.1 Å². The summed E-state index contributed by atoms with van der Waals surface area (Å²) in [7, 11) is 0. The molecule has 2 saturated heterocycles. The standard InChI is InChI=1S/C23H25N7O5/c31-20(32)17-3-1-2-16(14-17)19-5-4-18(35-19)15-24-28-21-25-22(29-6-10-33-11-7-29)27-23(26-21)30-8-12-34-13-9-30/h1-5,14H,6-13,15H2,(H,31,32). The maximum atomic E-state index is 11.2. The van der Waals surface area contributed by atoms with E-state index in [1.54, 1.807) is 30.3 Å². The molecule has 0 radical (unpaired) electrons. The number of nitrogens with zero attached hydrogens (tertiary/aromatic N) is 7. The third-order valence-electron chi connectivity index (χ3n) is 5.63. The van der Waals surface area contributed by atoms with Crippen LogP contribution >= 0.6 is 0 Å². The Morgan fingerprint density at radius 3 is 2.20 bits per heavy atom. The number of hydrogen-bond donors (Lipinski definition) is 1. The molecule has 0 unspecified atom stereocenters. The average Bonchev–Trinajstić information content (AvgIpc) is 3.39. The highest BCUT2D eigenvalue weighted by atomic mass is 16.5. The number of carboxylic acids is 1. The van der Waals surface area contributed by atoms with Gasteiger partial charge in [0.15, 0.2) is 0 Å². The minimum atomic E-state index is -0.988. The Hall–Kier alpha value is -3.90. The fraction of sp³-hybridized carbons (Fsp3) is 0.391. The molecule has 2 aromatic heterocycles. The first-order valence-electron chi connectivity index (χ1n) is 11.4. The monoisotopic (exact) mass is 479 g/mol. The highest BCUT2D eigenvalue weighted by Gasteiger charge is 2.20. The van der Waals surface area contributed by atoms with Crippen molar-refractivity contribution in [1.82, 2.24) is 15.0 Å². The van der Waals surface area contributed by atoms with E-state index < -0.39 is 5.97 Å². The molecule has 4 heterocycles. The number of aromatic nitrogens is 3. The van der Waals surface area contributed by atoms with Crippen LogP contribution in [0.5, 0.6) is 0 Å². The fourth-order valence-electron chi connectivity index (χ4n) is 3.79. The summed E-state index contributed by atoms with van der Waals surface area (Å²) in [4.78, 5) is 29.0. The van der Waals surface area contributed by atoms with Gasteiger partial charge in [0.25, 0.3) is 5.95 Å². The Labute approximate surface area is 201 Å². The third kappa shape index (κ3) is 5.61. The van der Waals surface area contributed by atoms with E-state index in [-0.39, 0.29) is 18.1 Å². The predicted molar refractivity (Wildman–Crippen MR) is 125 cm³/mol. The van der Waals surface area contributed by atoms with Crippen LogP contribution in [0.25, 0.3) is 11.3 Å². The van der Waals surface area contributed by atoms with Gasteiger partial charge in [-0.05, 0) is 24.3 Å². The summed E-state index contributed by atoms with van der Waals surface area (Å²) >= 11 is 0. The smallest absolute Gasteiger partial charge is 0.335 e. The molecule has 0 atom stereocenters. The lowest BCUT2D eigenvalue weighted by molar-refractivity contribution is 0.0697. The molecule has 12 nitrogen and oxygen atoms in total. The molecule has 2 fully saturated rings. The molecule has 3 aromatic rings. The molecule has 0 amide bonds. The quantitative estimate of drug-likeness (QED) is 0.503. The predicted octanol–water partition coefficient (Wildman–Crippen LogP) is 2.79. The molecule has 182 valence electrons. The lowest BCUT2D eigenvalue weighted by Gasteiger charge is -2.29. The summed E-state index contributed by atoms with van der Waals surface area (Å²) in [6, 6.07) is 10.1. The van der Waals surface area contributed by atoms with E-state index >= 15 is 0 Å². The molecule has 0 saturated carbocycles. The lowest BCUT2D eigenvalue weighted by Crippen LogP contribution is -2.39. The van der Waals surface area contributed by atoms with Gasteiger partial charge < -0.3 is 28.8 Å². The Balaban J connectivity index is 1.33. The van der Waals surface area contributed by atoms with Gasteiger partial charge in [0, 0.05) is 31.7 Å². The zero-order valence-corrected chi connectivity index (χ0v) is 19.0. The van der Waals surface area contributed by atoms with Crippen LogP contribution < -0.4 is 9.80 Å². The molecule has 2 aliphatic rings. The second-order valence-electron chi connectivity index (χ2n) is 7.99. The first-order chi connectivity index (χ1) is 17.2. The first-order valence-corrected chi connectivity index (χ1v) is 11.4. The molecule has 12 heteroatoms. The molecule has 5 rings (SSSR count). The SMILES string of the molecule is O=C(O)c1cccc(-c2ccc(CN=Nc3nc(N4CCOCC4)nc(N4CCOCC4)n3)o2)c1. The number of carbonyl (C=O) groups is 1. The topological polar surface area (TPSA) is 139 Å². The zero-order valence-electron chi connectivity index (χ0n) is 19.0. The van der Waals surface area contributed by atoms with Crippen LogP contribution in [-0.4, -0.2) is 78.6 Å². The van der Waals surface area contributed by atoms with Crippen LogP contribution in [-0.2, 0) is 16.0 Å². The van der Waals surface area contributed by atoms with Crippen molar-refractivity contribution in [1.29, 1.82) is 0 Å². The summed E-state index contributed by atoms with van der Waals surface area (Å²) in [6.45, 7) is 5.43. The summed E-state index contributed by atoms with van der Waals surface area (Å²) in [5.74, 6) is 1.49. The van der Waals surface area contributed by atoms with E-state index in [0.717, 1.165) is 0 Å². The number of rotatable bonds is 7. The molecule has 1 aromatic carbocycles. The Morgan fingerprint density at radius 1 is 0.914 bits per heavy atom. The van der Waals surface area contributed by atoms with Gasteiger partial charge >= 0.3 is 5.97 Å². The van der Waals surface area contributed by atoms with E-state index in [1.807, 2.05) is 0 Å². The van der Waals surface area contributed by atoms with Gasteiger partial charge in [0.2, 0.25) is 11.9 Å². The maximum Gasteiger partial charge on any atom is 0.335 e. The molecule has 0 bridgehead atoms. The number of anilines is 2. The van der Waals surface area contributed by atoms with Crippen LogP contribution in [0.2, 0.25) is 0 Å². The molecule has 1 N–H and O–H groups in total. The number of azo groups is 1. The van der Waals surface area contributed by atoms with Gasteiger partial charge in [-0.1, -0.05) is 12.1 Å². The molecule has 35 heavy (non-hydrogen) atoms. The minimum Gasteiger partial charge on any atom is -0.478 e. The normalized spacial score (nSPS) is 16.7. The maximum absolute atomic E-state index is 11.2. The second kappa shape index (κ2) is 10.6. The highest BCUT2D eigenvalue weighted by molar-refractivity contribution is 5.89. The van der Waals surface area contributed by atoms with E-state index in [1.165, 1.54) is 6.07 Å². The Kier molecular flexibility index (Phi) is 6.91. The van der Waals surface area contributed by atoms with Crippen LogP contribution in [0.15, 0.2) is 51.0 Å². The molecular weight excluding hydrogens is 454 g/mol. The van der Waals surface area contributed by atoms with Crippen molar-refractivity contribution < 1.29 is 23.8 Å². The van der Waals surface area contributed by atoms with Crippen molar-refractivity contribution in [3.63, 3.8) is 0 Å². The van der Waals surface area contributed by atoms with Crippen molar-refractivity contribution >= 4 is 23.8 Å². The molecule has 0 aliphatic carbocycles. The number of benzene rings is 1. The molecular formula is C23H25N7O5. The summed E-state index contributed by atoms with van der Waals surface area (Å²) in [5.41, 5.74) is 0.873. The summed E-state index contributed by atoms with van der Waals surface area (Å²) < 4.78 is 16.7. The van der Waals surface area contributed by atoms with Crippen molar-refractivity contribution in [2.45, 2.75) is 6.54 Å². The number of furan rings is 1. The fourth-order valence-corrected chi connectivity index (χ4v) is 3.79. The Bertz CT molecular complexity index is 1170. The van der Waals surface area contributed by atoms with E-state index in [4.69, 9.17) is 13.9 Å². The summed E-state index contributed by atoms with van der Waals surface area (Å²) in [6.07, 6.45) is 0. The lowest BCUT2D eigenvalue weighted by atomic mass is 10.1. The van der Waals surface area contributed by atoms with Crippen molar-refractivity contribution in [3.8, 4) is 11.3 Å². The van der Waals surface area contributed by atoms with Gasteiger partial charge in [-0.3, -0.25) is 0 Å². The van der Waals surface area contributed by atoms with Crippen molar-refractivity contribution in [3.05, 3.63) is 47.7 Å². The van der Waals surface area contributed by atoms with Gasteiger partial charge in [0.05, 0.1) is 32.0 Å². The highest BCUT2D eigenvalue weighted by Crippen LogP contribution is 2.24. The number of hydrogen-bond acceptors (Lipinski definition) is 11. The largest absolute Gasteiger partial charge is 0.478 e. The van der Waals surface area contributed by atoms with Crippen LogP contribution in [0.4, 0.5) is 17.8 Å². The number of ether oxygens (including phenoxy) is 2. The third-order valence-corrected chi connectivity index (χ3v) is 5.63. The zero-order chi connectivity index (χ0) is 24.0. The van der Waals surface area contributed by atoms with E-state index in [0.29, 0.717) is 81.6 Å². The van der Waals surface area contributed by atoms with Gasteiger partial charge in [-0.25, -0.2) is 4.79 Å². The van der Waals surface area contributed by atoms with Crippen molar-refractivity contribution in [2.75, 3.05) is 62.4 Å². The first kappa shape index (κ1) is 22.9. The number of carboxylic acid groups (broad SMARTS) is 1. The van der Waals surface area contributed by atoms with Crippen molar-refractivity contribution in [2.24, 2.45) is 10.2 Å². The van der Waals surface area contributed by atoms with Crippen LogP contribution in [0.3, 0.4) is 0 Å².